The summed E-state index contributed by atoms with van der Waals surface area (Å²) in [4.78, 5) is 12.3. The van der Waals surface area contributed by atoms with Gasteiger partial charge in [-0.05, 0) is 35.4 Å². The topological polar surface area (TPSA) is 127 Å². The zero-order chi connectivity index (χ0) is 22.1. The second kappa shape index (κ2) is 8.77. The number of hydrogen-bond acceptors (Lipinski definition) is 7. The van der Waals surface area contributed by atoms with Crippen LogP contribution in [0.25, 0.3) is 11.3 Å². The summed E-state index contributed by atoms with van der Waals surface area (Å²) in [7, 11) is 0. The number of rotatable bonds is 4. The van der Waals surface area contributed by atoms with Crippen molar-refractivity contribution in [1.29, 1.82) is 5.26 Å². The molecular weight excluding hydrogens is 420 g/mol. The first-order valence-corrected chi connectivity index (χ1v) is 9.72. The molecule has 0 aliphatic carbocycles. The Labute approximate surface area is 189 Å². The summed E-state index contributed by atoms with van der Waals surface area (Å²) >= 11 is 0. The Bertz CT molecular complexity index is 1370. The van der Waals surface area contributed by atoms with Gasteiger partial charge in [-0.2, -0.15) is 5.26 Å². The molecular formula is C25H20N4O4. The number of nitrogens with one attached hydrogen (secondary N) is 1. The maximum Gasteiger partial charge on any atom is 0.379 e. The van der Waals surface area contributed by atoms with E-state index in [1.165, 1.54) is 12.3 Å². The predicted octanol–water partition coefficient (Wildman–Crippen LogP) is 4.74. The fourth-order valence-corrected chi connectivity index (χ4v) is 3.71. The summed E-state index contributed by atoms with van der Waals surface area (Å²) in [5, 5.41) is 17.1. The standard InChI is InChI=1S/C24H16N4O4.CH4/c25-13-17-19(15-8-4-9-16(12-15)31-24(29)18-10-5-11-30-18)20-21(14-6-2-1-3-7-14)27-28-23(20)32-22(17)26;/h1-12,19H,26H2,(H,27,28);1H4. The van der Waals surface area contributed by atoms with Crippen LogP contribution in [0.3, 0.4) is 0 Å². The van der Waals surface area contributed by atoms with Gasteiger partial charge in [0.25, 0.3) is 0 Å². The largest absolute Gasteiger partial charge is 0.457 e. The summed E-state index contributed by atoms with van der Waals surface area (Å²) in [6.45, 7) is 0. The minimum Gasteiger partial charge on any atom is -0.457 e. The molecule has 0 amide bonds. The van der Waals surface area contributed by atoms with E-state index in [1.807, 2.05) is 36.4 Å². The molecule has 8 heteroatoms. The number of aromatic nitrogens is 2. The van der Waals surface area contributed by atoms with Gasteiger partial charge in [0.15, 0.2) is 0 Å². The molecule has 1 aliphatic heterocycles. The average Bonchev–Trinajstić information content (AvgIpc) is 3.49. The van der Waals surface area contributed by atoms with Gasteiger partial charge in [-0.3, -0.25) is 5.10 Å². The zero-order valence-corrected chi connectivity index (χ0v) is 16.6. The van der Waals surface area contributed by atoms with E-state index in [2.05, 4.69) is 16.3 Å². The van der Waals surface area contributed by atoms with Crippen molar-refractivity contribution in [2.75, 3.05) is 0 Å². The molecule has 1 aliphatic rings. The van der Waals surface area contributed by atoms with Crippen LogP contribution in [0.1, 0.15) is 35.0 Å². The molecule has 0 fully saturated rings. The Kier molecular flexibility index (Phi) is 5.70. The van der Waals surface area contributed by atoms with Gasteiger partial charge in [-0.25, -0.2) is 4.79 Å². The van der Waals surface area contributed by atoms with E-state index in [9.17, 15) is 10.1 Å². The number of hydrogen-bond donors (Lipinski definition) is 2. The molecule has 8 nitrogen and oxygen atoms in total. The van der Waals surface area contributed by atoms with E-state index in [-0.39, 0.29) is 24.6 Å². The van der Waals surface area contributed by atoms with Gasteiger partial charge in [-0.15, -0.1) is 5.10 Å². The van der Waals surface area contributed by atoms with Gasteiger partial charge in [0.1, 0.15) is 17.4 Å². The van der Waals surface area contributed by atoms with Crippen LogP contribution in [0.5, 0.6) is 11.6 Å². The number of nitrogens with two attached hydrogens (primary N) is 1. The van der Waals surface area contributed by atoms with Crippen molar-refractivity contribution in [3.63, 3.8) is 0 Å². The highest BCUT2D eigenvalue weighted by Crippen LogP contribution is 2.46. The third kappa shape index (κ3) is 3.83. The molecule has 0 saturated carbocycles. The number of aromatic amines is 1. The van der Waals surface area contributed by atoms with Crippen molar-refractivity contribution in [3.8, 4) is 29.0 Å². The maximum absolute atomic E-state index is 12.3. The van der Waals surface area contributed by atoms with Crippen molar-refractivity contribution in [1.82, 2.24) is 10.2 Å². The Morgan fingerprint density at radius 1 is 1.12 bits per heavy atom. The number of carbonyl (C=O) groups excluding carboxylic acids is 1. The first-order valence-electron chi connectivity index (χ1n) is 9.72. The molecule has 5 rings (SSSR count). The van der Waals surface area contributed by atoms with Crippen LogP contribution in [-0.2, 0) is 0 Å². The van der Waals surface area contributed by atoms with Crippen molar-refractivity contribution in [2.24, 2.45) is 5.73 Å². The first-order chi connectivity index (χ1) is 15.7. The Balaban J connectivity index is 0.00000259. The Morgan fingerprint density at radius 3 is 2.67 bits per heavy atom. The molecule has 1 atom stereocenters. The predicted molar refractivity (Wildman–Crippen MR) is 120 cm³/mol. The molecule has 1 unspecified atom stereocenters. The number of carbonyl (C=O) groups is 1. The first kappa shape index (κ1) is 21.5. The van der Waals surface area contributed by atoms with Crippen molar-refractivity contribution >= 4 is 5.97 Å². The van der Waals surface area contributed by atoms with Gasteiger partial charge >= 0.3 is 5.97 Å². The van der Waals surface area contributed by atoms with Crippen molar-refractivity contribution in [2.45, 2.75) is 13.3 Å². The third-order valence-electron chi connectivity index (χ3n) is 5.13. The van der Waals surface area contributed by atoms with Crippen LogP contribution in [0, 0.1) is 11.3 Å². The molecule has 3 N–H and O–H groups in total. The second-order valence-corrected chi connectivity index (χ2v) is 7.05. The molecule has 33 heavy (non-hydrogen) atoms. The highest BCUT2D eigenvalue weighted by molar-refractivity contribution is 5.88. The normalized spacial score (nSPS) is 14.5. The van der Waals surface area contributed by atoms with E-state index >= 15 is 0 Å². The number of benzene rings is 2. The Morgan fingerprint density at radius 2 is 1.94 bits per heavy atom. The monoisotopic (exact) mass is 440 g/mol. The summed E-state index contributed by atoms with van der Waals surface area (Å²) in [6.07, 6.45) is 1.40. The van der Waals surface area contributed by atoms with Crippen LogP contribution >= 0.6 is 0 Å². The molecule has 164 valence electrons. The van der Waals surface area contributed by atoms with Crippen LogP contribution in [0.4, 0.5) is 0 Å². The number of nitrogens with zero attached hydrogens (tertiary/aromatic N) is 2. The molecule has 2 aromatic carbocycles. The summed E-state index contributed by atoms with van der Waals surface area (Å²) in [6, 6.07) is 21.8. The fourth-order valence-electron chi connectivity index (χ4n) is 3.71. The van der Waals surface area contributed by atoms with Crippen LogP contribution < -0.4 is 15.2 Å². The summed E-state index contributed by atoms with van der Waals surface area (Å²) < 4.78 is 16.2. The molecule has 0 radical (unpaired) electrons. The fraction of sp³-hybridized carbons (Fsp3) is 0.0800. The lowest BCUT2D eigenvalue weighted by atomic mass is 9.83. The summed E-state index contributed by atoms with van der Waals surface area (Å²) in [5.41, 5.74) is 9.25. The molecule has 4 aromatic rings. The number of H-pyrrole nitrogens is 1. The van der Waals surface area contributed by atoms with Crippen molar-refractivity contribution in [3.05, 3.63) is 101 Å². The number of furan rings is 1. The average molecular weight is 440 g/mol. The van der Waals surface area contributed by atoms with Gasteiger partial charge in [-0.1, -0.05) is 49.9 Å². The van der Waals surface area contributed by atoms with E-state index in [0.29, 0.717) is 28.5 Å². The zero-order valence-electron chi connectivity index (χ0n) is 16.6. The second-order valence-electron chi connectivity index (χ2n) is 7.05. The lowest BCUT2D eigenvalue weighted by Crippen LogP contribution is -2.21. The minimum absolute atomic E-state index is 0. The number of esters is 1. The summed E-state index contributed by atoms with van der Waals surface area (Å²) in [5.74, 6) is -0.523. The van der Waals surface area contributed by atoms with Gasteiger partial charge < -0.3 is 19.6 Å². The van der Waals surface area contributed by atoms with E-state index in [1.54, 1.807) is 24.3 Å². The molecule has 3 heterocycles. The SMILES string of the molecule is C.N#CC1=C(N)Oc2n[nH]c(-c3ccccc3)c2C1c1cccc(OC(=O)c2ccco2)c1. The van der Waals surface area contributed by atoms with Crippen LogP contribution in [0.15, 0.2) is 88.9 Å². The van der Waals surface area contributed by atoms with E-state index in [4.69, 9.17) is 19.6 Å². The smallest absolute Gasteiger partial charge is 0.379 e. The van der Waals surface area contributed by atoms with E-state index in [0.717, 1.165) is 5.56 Å². The lowest BCUT2D eigenvalue weighted by Gasteiger charge is -2.24. The lowest BCUT2D eigenvalue weighted by molar-refractivity contribution is 0.0701. The van der Waals surface area contributed by atoms with Gasteiger partial charge in [0.2, 0.25) is 17.5 Å². The van der Waals surface area contributed by atoms with Gasteiger partial charge in [0, 0.05) is 0 Å². The molecule has 0 bridgehead atoms. The quantitative estimate of drug-likeness (QED) is 0.346. The number of allylic oxidation sites excluding steroid dienone is 1. The molecule has 2 aromatic heterocycles. The Hall–Kier alpha value is -4.77. The minimum atomic E-state index is -0.622. The highest BCUT2D eigenvalue weighted by Gasteiger charge is 2.35. The number of nitriles is 1. The maximum atomic E-state index is 12.3. The number of ether oxygens (including phenoxy) is 2. The third-order valence-corrected chi connectivity index (χ3v) is 5.13. The molecule has 0 spiro atoms. The van der Waals surface area contributed by atoms with Crippen molar-refractivity contribution < 1.29 is 18.7 Å². The van der Waals surface area contributed by atoms with Gasteiger partial charge in [0.05, 0.1) is 23.4 Å². The molecule has 0 saturated heterocycles. The van der Waals surface area contributed by atoms with Crippen LogP contribution in [0.2, 0.25) is 0 Å². The number of fused-ring (bicyclic) bond motifs is 1. The van der Waals surface area contributed by atoms with Crippen LogP contribution in [-0.4, -0.2) is 16.2 Å². The van der Waals surface area contributed by atoms with E-state index < -0.39 is 11.9 Å². The highest BCUT2D eigenvalue weighted by atomic mass is 16.5.